The van der Waals surface area contributed by atoms with Gasteiger partial charge in [0.15, 0.2) is 5.60 Å². The fraction of sp³-hybridized carbons (Fsp3) is 0.500. The summed E-state index contributed by atoms with van der Waals surface area (Å²) in [7, 11) is 1.22. The molecular weight excluding hydrogens is 286 g/mol. The predicted molar refractivity (Wildman–Crippen MR) is 79.0 cm³/mol. The molecule has 1 aliphatic carbocycles. The van der Waals surface area contributed by atoms with E-state index in [2.05, 4.69) is 10.1 Å². The number of esters is 1. The highest BCUT2D eigenvalue weighted by atomic mass is 16.6. The van der Waals surface area contributed by atoms with Crippen LogP contribution in [-0.2, 0) is 20.9 Å². The van der Waals surface area contributed by atoms with E-state index in [1.165, 1.54) is 7.11 Å². The van der Waals surface area contributed by atoms with Gasteiger partial charge in [-0.3, -0.25) is 0 Å². The molecule has 1 aromatic rings. The summed E-state index contributed by atoms with van der Waals surface area (Å²) in [5, 5.41) is 13.1. The van der Waals surface area contributed by atoms with Crippen molar-refractivity contribution in [3.63, 3.8) is 0 Å². The van der Waals surface area contributed by atoms with Crippen LogP contribution in [0.25, 0.3) is 0 Å². The minimum atomic E-state index is -1.68. The number of hydrogen-bond acceptors (Lipinski definition) is 5. The Morgan fingerprint density at radius 2 is 2.05 bits per heavy atom. The average molecular weight is 307 g/mol. The van der Waals surface area contributed by atoms with Crippen molar-refractivity contribution in [3.8, 4) is 0 Å². The van der Waals surface area contributed by atoms with E-state index in [4.69, 9.17) is 4.74 Å². The number of aliphatic hydroxyl groups is 1. The molecule has 2 rings (SSSR count). The smallest absolute Gasteiger partial charge is 0.407 e. The van der Waals surface area contributed by atoms with Gasteiger partial charge in [0.2, 0.25) is 0 Å². The summed E-state index contributed by atoms with van der Waals surface area (Å²) >= 11 is 0. The lowest BCUT2D eigenvalue weighted by atomic mass is 9.80. The monoisotopic (exact) mass is 307 g/mol. The standard InChI is InChI=1S/C16H21NO5/c1-21-14(18)16(20)10-6-5-9-13(16)17-15(19)22-11-12-7-3-2-4-8-12/h2-4,7-8,13,20H,5-6,9-11H2,1H3,(H,17,19)/t13-,16-/m1/s1. The van der Waals surface area contributed by atoms with Gasteiger partial charge in [-0.15, -0.1) is 0 Å². The molecule has 0 aromatic heterocycles. The minimum absolute atomic E-state index is 0.135. The summed E-state index contributed by atoms with van der Waals surface area (Å²) in [5.41, 5.74) is -0.816. The first kappa shape index (κ1) is 16.3. The fourth-order valence-corrected chi connectivity index (χ4v) is 2.68. The number of nitrogens with one attached hydrogen (secondary N) is 1. The molecule has 22 heavy (non-hydrogen) atoms. The molecule has 1 saturated carbocycles. The van der Waals surface area contributed by atoms with Gasteiger partial charge in [-0.1, -0.05) is 36.8 Å². The van der Waals surface area contributed by atoms with E-state index < -0.39 is 23.7 Å². The molecule has 1 fully saturated rings. The summed E-state index contributed by atoms with van der Waals surface area (Å²) in [4.78, 5) is 23.7. The largest absolute Gasteiger partial charge is 0.467 e. The predicted octanol–water partition coefficient (Wildman–Crippen LogP) is 1.76. The molecular formula is C16H21NO5. The Balaban J connectivity index is 1.92. The van der Waals surface area contributed by atoms with Crippen LogP contribution in [0.2, 0.25) is 0 Å². The van der Waals surface area contributed by atoms with E-state index in [0.29, 0.717) is 12.8 Å². The Bertz CT molecular complexity index is 519. The van der Waals surface area contributed by atoms with Crippen LogP contribution in [0.5, 0.6) is 0 Å². The van der Waals surface area contributed by atoms with Crippen LogP contribution >= 0.6 is 0 Å². The van der Waals surface area contributed by atoms with Crippen LogP contribution in [0.15, 0.2) is 30.3 Å². The molecule has 0 saturated heterocycles. The van der Waals surface area contributed by atoms with Crippen molar-refractivity contribution < 1.29 is 24.2 Å². The Hall–Kier alpha value is -2.08. The van der Waals surface area contributed by atoms with E-state index in [1.807, 2.05) is 30.3 Å². The number of benzene rings is 1. The van der Waals surface area contributed by atoms with Gasteiger partial charge in [-0.25, -0.2) is 9.59 Å². The van der Waals surface area contributed by atoms with Gasteiger partial charge in [-0.2, -0.15) is 0 Å². The summed E-state index contributed by atoms with van der Waals surface area (Å²) in [5.74, 6) is -0.722. The Morgan fingerprint density at radius 1 is 1.32 bits per heavy atom. The van der Waals surface area contributed by atoms with Crippen molar-refractivity contribution in [1.29, 1.82) is 0 Å². The maximum atomic E-state index is 11.9. The van der Waals surface area contributed by atoms with Crippen LogP contribution in [0.3, 0.4) is 0 Å². The molecule has 1 amide bonds. The Morgan fingerprint density at radius 3 is 2.73 bits per heavy atom. The SMILES string of the molecule is COC(=O)[C@@]1(O)CCCC[C@H]1NC(=O)OCc1ccccc1. The molecule has 0 heterocycles. The summed E-state index contributed by atoms with van der Waals surface area (Å²) in [6.45, 7) is 0.135. The number of alkyl carbamates (subject to hydrolysis) is 1. The van der Waals surface area contributed by atoms with Gasteiger partial charge in [0, 0.05) is 0 Å². The molecule has 0 radical (unpaired) electrons. The quantitative estimate of drug-likeness (QED) is 0.828. The zero-order valence-corrected chi connectivity index (χ0v) is 12.6. The molecule has 6 heteroatoms. The lowest BCUT2D eigenvalue weighted by molar-refractivity contribution is -0.168. The van der Waals surface area contributed by atoms with E-state index in [9.17, 15) is 14.7 Å². The normalized spacial score (nSPS) is 24.4. The van der Waals surface area contributed by atoms with Crippen molar-refractivity contribution in [2.24, 2.45) is 0 Å². The van der Waals surface area contributed by atoms with E-state index in [1.54, 1.807) is 0 Å². The number of ether oxygens (including phenoxy) is 2. The number of methoxy groups -OCH3 is 1. The second-order valence-electron chi connectivity index (χ2n) is 5.42. The maximum absolute atomic E-state index is 11.9. The van der Waals surface area contributed by atoms with Crippen molar-refractivity contribution >= 4 is 12.1 Å². The van der Waals surface area contributed by atoms with E-state index in [0.717, 1.165) is 12.0 Å². The number of rotatable bonds is 4. The van der Waals surface area contributed by atoms with Gasteiger partial charge in [0.25, 0.3) is 0 Å². The Labute approximate surface area is 129 Å². The van der Waals surface area contributed by atoms with E-state index in [-0.39, 0.29) is 13.0 Å². The Kier molecular flexibility index (Phi) is 5.38. The van der Waals surface area contributed by atoms with Crippen LogP contribution in [-0.4, -0.2) is 35.9 Å². The molecule has 120 valence electrons. The van der Waals surface area contributed by atoms with Crippen LogP contribution in [0, 0.1) is 0 Å². The number of carbonyl (C=O) groups is 2. The third kappa shape index (κ3) is 3.76. The minimum Gasteiger partial charge on any atom is -0.467 e. The highest BCUT2D eigenvalue weighted by Gasteiger charge is 2.47. The van der Waals surface area contributed by atoms with Crippen molar-refractivity contribution in [3.05, 3.63) is 35.9 Å². The van der Waals surface area contributed by atoms with Crippen LogP contribution < -0.4 is 5.32 Å². The van der Waals surface area contributed by atoms with E-state index >= 15 is 0 Å². The highest BCUT2D eigenvalue weighted by molar-refractivity contribution is 5.81. The summed E-state index contributed by atoms with van der Waals surface area (Å²) in [6, 6.07) is 8.58. The zero-order valence-electron chi connectivity index (χ0n) is 12.6. The van der Waals surface area contributed by atoms with Crippen LogP contribution in [0.4, 0.5) is 4.79 Å². The third-order valence-corrected chi connectivity index (χ3v) is 3.92. The van der Waals surface area contributed by atoms with Crippen molar-refractivity contribution in [2.45, 2.75) is 43.9 Å². The van der Waals surface area contributed by atoms with Gasteiger partial charge in [-0.05, 0) is 24.8 Å². The van der Waals surface area contributed by atoms with Crippen LogP contribution in [0.1, 0.15) is 31.2 Å². The number of carbonyl (C=O) groups excluding carboxylic acids is 2. The molecule has 2 atom stereocenters. The maximum Gasteiger partial charge on any atom is 0.407 e. The average Bonchev–Trinajstić information content (AvgIpc) is 2.55. The summed E-state index contributed by atoms with van der Waals surface area (Å²) in [6.07, 6.45) is 1.65. The zero-order chi connectivity index (χ0) is 16.0. The van der Waals surface area contributed by atoms with Gasteiger partial charge < -0.3 is 19.9 Å². The number of amides is 1. The van der Waals surface area contributed by atoms with Crippen molar-refractivity contribution in [1.82, 2.24) is 5.32 Å². The molecule has 0 aliphatic heterocycles. The second kappa shape index (κ2) is 7.26. The second-order valence-corrected chi connectivity index (χ2v) is 5.42. The summed E-state index contributed by atoms with van der Waals surface area (Å²) < 4.78 is 9.78. The number of hydrogen-bond donors (Lipinski definition) is 2. The third-order valence-electron chi connectivity index (χ3n) is 3.92. The van der Waals surface area contributed by atoms with Gasteiger partial charge in [0.05, 0.1) is 13.2 Å². The topological polar surface area (TPSA) is 84.9 Å². The lowest BCUT2D eigenvalue weighted by Crippen LogP contribution is -2.59. The highest BCUT2D eigenvalue weighted by Crippen LogP contribution is 2.29. The molecule has 0 spiro atoms. The molecule has 0 unspecified atom stereocenters. The lowest BCUT2D eigenvalue weighted by Gasteiger charge is -2.37. The van der Waals surface area contributed by atoms with Crippen molar-refractivity contribution in [2.75, 3.05) is 7.11 Å². The first-order chi connectivity index (χ1) is 10.6. The first-order valence-corrected chi connectivity index (χ1v) is 7.34. The molecule has 1 aromatic carbocycles. The van der Waals surface area contributed by atoms with Gasteiger partial charge >= 0.3 is 12.1 Å². The molecule has 6 nitrogen and oxygen atoms in total. The molecule has 2 N–H and O–H groups in total. The molecule has 0 bridgehead atoms. The first-order valence-electron chi connectivity index (χ1n) is 7.34. The fourth-order valence-electron chi connectivity index (χ4n) is 2.68. The van der Waals surface area contributed by atoms with Gasteiger partial charge in [0.1, 0.15) is 6.61 Å². The molecule has 1 aliphatic rings.